The molecule has 1 unspecified atom stereocenters. The zero-order valence-electron chi connectivity index (χ0n) is 12.7. The number of rotatable bonds is 3. The van der Waals surface area contributed by atoms with E-state index >= 15 is 0 Å². The molecule has 0 saturated carbocycles. The van der Waals surface area contributed by atoms with E-state index in [-0.39, 0.29) is 23.3 Å². The first-order valence-corrected chi connectivity index (χ1v) is 8.15. The van der Waals surface area contributed by atoms with E-state index in [4.69, 9.17) is 0 Å². The molecular formula is C17H14F2N2O2S. The number of amides is 2. The van der Waals surface area contributed by atoms with Gasteiger partial charge < -0.3 is 10.6 Å². The van der Waals surface area contributed by atoms with Gasteiger partial charge in [0, 0.05) is 17.0 Å². The molecule has 4 nitrogen and oxygen atoms in total. The van der Waals surface area contributed by atoms with Crippen LogP contribution in [-0.2, 0) is 11.3 Å². The summed E-state index contributed by atoms with van der Waals surface area (Å²) in [5.74, 6) is -2.62. The Kier molecular flexibility index (Phi) is 4.53. The smallest absolute Gasteiger partial charge is 0.251 e. The molecule has 1 atom stereocenters. The molecule has 2 aromatic rings. The molecule has 7 heteroatoms. The van der Waals surface area contributed by atoms with Gasteiger partial charge in [-0.05, 0) is 42.8 Å². The number of benzene rings is 2. The lowest BCUT2D eigenvalue weighted by Gasteiger charge is -2.22. The second kappa shape index (κ2) is 6.60. The van der Waals surface area contributed by atoms with Crippen LogP contribution in [0.3, 0.4) is 0 Å². The number of carbonyl (C=O) groups excluding carboxylic acids is 2. The third-order valence-corrected chi connectivity index (χ3v) is 4.79. The Bertz CT molecular complexity index is 826. The van der Waals surface area contributed by atoms with Crippen molar-refractivity contribution in [2.24, 2.45) is 0 Å². The second-order valence-electron chi connectivity index (χ2n) is 5.39. The molecular weight excluding hydrogens is 334 g/mol. The lowest BCUT2D eigenvalue weighted by Crippen LogP contribution is -2.27. The van der Waals surface area contributed by atoms with Gasteiger partial charge in [0.1, 0.15) is 0 Å². The lowest BCUT2D eigenvalue weighted by atomic mass is 10.1. The molecule has 1 aliphatic rings. The highest BCUT2D eigenvalue weighted by atomic mass is 32.2. The fourth-order valence-corrected chi connectivity index (χ4v) is 3.22. The minimum absolute atomic E-state index is 0.0459. The largest absolute Gasteiger partial charge is 0.348 e. The zero-order valence-corrected chi connectivity index (χ0v) is 13.5. The number of thioether (sulfide) groups is 1. The Morgan fingerprint density at radius 1 is 1.21 bits per heavy atom. The van der Waals surface area contributed by atoms with Gasteiger partial charge in [-0.15, -0.1) is 11.8 Å². The lowest BCUT2D eigenvalue weighted by molar-refractivity contribution is -0.115. The van der Waals surface area contributed by atoms with Crippen LogP contribution in [0.2, 0.25) is 0 Å². The van der Waals surface area contributed by atoms with Gasteiger partial charge in [0.2, 0.25) is 5.91 Å². The molecule has 0 radical (unpaired) electrons. The van der Waals surface area contributed by atoms with Crippen molar-refractivity contribution in [1.82, 2.24) is 5.32 Å². The summed E-state index contributed by atoms with van der Waals surface area (Å²) in [5, 5.41) is 5.32. The van der Waals surface area contributed by atoms with Crippen LogP contribution in [0.25, 0.3) is 0 Å². The van der Waals surface area contributed by atoms with E-state index in [2.05, 4.69) is 10.6 Å². The van der Waals surface area contributed by atoms with Crippen LogP contribution in [0.1, 0.15) is 22.8 Å². The van der Waals surface area contributed by atoms with Gasteiger partial charge >= 0.3 is 0 Å². The summed E-state index contributed by atoms with van der Waals surface area (Å²) in [4.78, 5) is 24.7. The van der Waals surface area contributed by atoms with Crippen molar-refractivity contribution in [3.8, 4) is 0 Å². The molecule has 1 heterocycles. The number of nitrogens with one attached hydrogen (secondary N) is 2. The number of hydrogen-bond donors (Lipinski definition) is 2. The predicted octanol–water partition coefficient (Wildman–Crippen LogP) is 3.33. The summed E-state index contributed by atoms with van der Waals surface area (Å²) >= 11 is 1.48. The van der Waals surface area contributed by atoms with E-state index in [1.54, 1.807) is 6.07 Å². The van der Waals surface area contributed by atoms with E-state index < -0.39 is 17.5 Å². The summed E-state index contributed by atoms with van der Waals surface area (Å²) in [6, 6.07) is 8.51. The number of anilines is 1. The fraction of sp³-hybridized carbons (Fsp3) is 0.176. The monoisotopic (exact) mass is 348 g/mol. The van der Waals surface area contributed by atoms with Crippen LogP contribution >= 0.6 is 11.8 Å². The van der Waals surface area contributed by atoms with Crippen LogP contribution < -0.4 is 10.6 Å². The third-order valence-electron chi connectivity index (χ3n) is 3.61. The minimum Gasteiger partial charge on any atom is -0.348 e. The van der Waals surface area contributed by atoms with Crippen molar-refractivity contribution >= 4 is 29.3 Å². The summed E-state index contributed by atoms with van der Waals surface area (Å²) in [5.41, 5.74) is 1.55. The number of halogens is 2. The molecule has 24 heavy (non-hydrogen) atoms. The maximum Gasteiger partial charge on any atom is 0.251 e. The third kappa shape index (κ3) is 3.41. The summed E-state index contributed by atoms with van der Waals surface area (Å²) in [6.07, 6.45) is 0. The van der Waals surface area contributed by atoms with Gasteiger partial charge in [-0.25, -0.2) is 8.78 Å². The maximum atomic E-state index is 13.2. The molecule has 3 rings (SSSR count). The standard InChI is InChI=1S/C17H14F2N2O2S/c1-9-16(22)21-14-6-10(2-5-15(14)24-9)8-20-17(23)11-3-4-12(18)13(19)7-11/h2-7,9H,8H2,1H3,(H,20,23)(H,21,22). The first kappa shape index (κ1) is 16.4. The van der Waals surface area contributed by atoms with Crippen molar-refractivity contribution in [3.05, 3.63) is 59.2 Å². The molecule has 0 fully saturated rings. The van der Waals surface area contributed by atoms with E-state index in [1.807, 2.05) is 19.1 Å². The number of hydrogen-bond acceptors (Lipinski definition) is 3. The molecule has 2 amide bonds. The Balaban J connectivity index is 1.68. The SMILES string of the molecule is CC1Sc2ccc(CNC(=O)c3ccc(F)c(F)c3)cc2NC1=O. The maximum absolute atomic E-state index is 13.2. The Labute approximate surface area is 141 Å². The van der Waals surface area contributed by atoms with E-state index in [9.17, 15) is 18.4 Å². The summed E-state index contributed by atoms with van der Waals surface area (Å²) in [6.45, 7) is 2.04. The van der Waals surface area contributed by atoms with Gasteiger partial charge in [-0.2, -0.15) is 0 Å². The molecule has 1 aliphatic heterocycles. The predicted molar refractivity (Wildman–Crippen MR) is 87.9 cm³/mol. The fourth-order valence-electron chi connectivity index (χ4n) is 2.29. The molecule has 2 aromatic carbocycles. The summed E-state index contributed by atoms with van der Waals surface area (Å²) in [7, 11) is 0. The average Bonchev–Trinajstić information content (AvgIpc) is 2.56. The van der Waals surface area contributed by atoms with Crippen molar-refractivity contribution in [1.29, 1.82) is 0 Å². The first-order chi connectivity index (χ1) is 11.4. The molecule has 0 aliphatic carbocycles. The molecule has 124 valence electrons. The quantitative estimate of drug-likeness (QED) is 0.895. The molecule has 2 N–H and O–H groups in total. The normalized spacial score (nSPS) is 16.3. The van der Waals surface area contributed by atoms with Crippen molar-refractivity contribution in [2.75, 3.05) is 5.32 Å². The Hall–Kier alpha value is -2.41. The van der Waals surface area contributed by atoms with E-state index in [0.29, 0.717) is 5.69 Å². The molecule has 0 spiro atoms. The summed E-state index contributed by atoms with van der Waals surface area (Å²) < 4.78 is 26.1. The van der Waals surface area contributed by atoms with Crippen LogP contribution in [0.4, 0.5) is 14.5 Å². The van der Waals surface area contributed by atoms with Crippen molar-refractivity contribution in [2.45, 2.75) is 23.6 Å². The number of carbonyl (C=O) groups is 2. The molecule has 0 aromatic heterocycles. The van der Waals surface area contributed by atoms with Gasteiger partial charge in [0.15, 0.2) is 11.6 Å². The molecule has 0 bridgehead atoms. The van der Waals surface area contributed by atoms with Gasteiger partial charge in [0.25, 0.3) is 5.91 Å². The topological polar surface area (TPSA) is 58.2 Å². The van der Waals surface area contributed by atoms with Crippen LogP contribution in [-0.4, -0.2) is 17.1 Å². The van der Waals surface area contributed by atoms with Gasteiger partial charge in [-0.1, -0.05) is 6.07 Å². The highest BCUT2D eigenvalue weighted by molar-refractivity contribution is 8.00. The van der Waals surface area contributed by atoms with E-state index in [1.165, 1.54) is 17.8 Å². The first-order valence-electron chi connectivity index (χ1n) is 7.28. The highest BCUT2D eigenvalue weighted by Gasteiger charge is 2.23. The minimum atomic E-state index is -1.06. The van der Waals surface area contributed by atoms with E-state index in [0.717, 1.165) is 22.6 Å². The van der Waals surface area contributed by atoms with Crippen LogP contribution in [0, 0.1) is 11.6 Å². The Morgan fingerprint density at radius 3 is 2.75 bits per heavy atom. The zero-order chi connectivity index (χ0) is 17.3. The Morgan fingerprint density at radius 2 is 2.00 bits per heavy atom. The van der Waals surface area contributed by atoms with Crippen molar-refractivity contribution in [3.63, 3.8) is 0 Å². The second-order valence-corrected chi connectivity index (χ2v) is 6.77. The van der Waals surface area contributed by atoms with Crippen LogP contribution in [0.15, 0.2) is 41.3 Å². The van der Waals surface area contributed by atoms with Crippen LogP contribution in [0.5, 0.6) is 0 Å². The number of fused-ring (bicyclic) bond motifs is 1. The highest BCUT2D eigenvalue weighted by Crippen LogP contribution is 2.35. The van der Waals surface area contributed by atoms with Gasteiger partial charge in [-0.3, -0.25) is 9.59 Å². The van der Waals surface area contributed by atoms with Crippen molar-refractivity contribution < 1.29 is 18.4 Å². The molecule has 0 saturated heterocycles. The van der Waals surface area contributed by atoms with Gasteiger partial charge in [0.05, 0.1) is 10.9 Å². The average molecular weight is 348 g/mol.